The molecule has 0 amide bonds. The molecule has 5 nitrogen and oxygen atoms in total. The lowest BCUT2D eigenvalue weighted by atomic mass is 10.1. The molecule has 5 heteroatoms. The Hall–Kier alpha value is -2.30. The number of imidazole rings is 1. The molecule has 0 atom stereocenters. The summed E-state index contributed by atoms with van der Waals surface area (Å²) in [5.41, 5.74) is 2.01. The van der Waals surface area contributed by atoms with Crippen molar-refractivity contribution < 1.29 is 4.74 Å². The number of rotatable bonds is 4. The smallest absolute Gasteiger partial charge is 0.123 e. The van der Waals surface area contributed by atoms with Crippen LogP contribution in [0.25, 0.3) is 0 Å². The maximum atomic E-state index is 5.32. The highest BCUT2D eigenvalue weighted by Gasteiger charge is 2.04. The Bertz CT molecular complexity index is 505. The van der Waals surface area contributed by atoms with Gasteiger partial charge in [-0.3, -0.25) is 0 Å². The number of methoxy groups -OCH3 is 1. The van der Waals surface area contributed by atoms with Gasteiger partial charge in [-0.2, -0.15) is 5.10 Å². The minimum absolute atomic E-state index is 0.704. The van der Waals surface area contributed by atoms with Gasteiger partial charge in [0.25, 0.3) is 0 Å². The van der Waals surface area contributed by atoms with Crippen LogP contribution in [0.5, 0.6) is 5.75 Å². The van der Waals surface area contributed by atoms with Crippen LogP contribution in [-0.2, 0) is 6.54 Å². The van der Waals surface area contributed by atoms with Crippen molar-refractivity contribution in [2.24, 2.45) is 10.9 Å². The molecular weight excluding hydrogens is 216 g/mol. The van der Waals surface area contributed by atoms with Crippen molar-refractivity contribution in [2.75, 3.05) is 7.11 Å². The molecule has 2 aromatic rings. The van der Waals surface area contributed by atoms with E-state index in [9.17, 15) is 0 Å². The van der Waals surface area contributed by atoms with E-state index < -0.39 is 0 Å². The molecule has 0 spiro atoms. The molecular formula is C12H14N4O. The summed E-state index contributed by atoms with van der Waals surface area (Å²) in [6, 6.07) is 5.81. The lowest BCUT2D eigenvalue weighted by Crippen LogP contribution is -2.01. The maximum absolute atomic E-state index is 5.32. The van der Waals surface area contributed by atoms with Crippen molar-refractivity contribution in [3.05, 3.63) is 48.0 Å². The number of hydrazone groups is 1. The van der Waals surface area contributed by atoms with Gasteiger partial charge in [-0.05, 0) is 23.8 Å². The summed E-state index contributed by atoms with van der Waals surface area (Å²) in [5.74, 6) is 5.98. The highest BCUT2D eigenvalue weighted by molar-refractivity contribution is 5.80. The topological polar surface area (TPSA) is 65.4 Å². The molecule has 0 bridgehead atoms. The first-order valence-electron chi connectivity index (χ1n) is 5.19. The minimum atomic E-state index is 0.704. The minimum Gasteiger partial charge on any atom is -0.496 e. The highest BCUT2D eigenvalue weighted by Crippen LogP contribution is 2.20. The maximum Gasteiger partial charge on any atom is 0.123 e. The van der Waals surface area contributed by atoms with Crippen LogP contribution in [-0.4, -0.2) is 22.9 Å². The second-order valence-corrected chi connectivity index (χ2v) is 3.58. The molecule has 88 valence electrons. The van der Waals surface area contributed by atoms with E-state index in [1.54, 1.807) is 25.8 Å². The molecule has 2 rings (SSSR count). The molecule has 0 saturated heterocycles. The molecule has 1 heterocycles. The largest absolute Gasteiger partial charge is 0.496 e. The summed E-state index contributed by atoms with van der Waals surface area (Å²) in [7, 11) is 1.66. The molecule has 0 aliphatic heterocycles. The Labute approximate surface area is 99.5 Å². The predicted molar refractivity (Wildman–Crippen MR) is 66.1 cm³/mol. The molecule has 0 aliphatic carbocycles. The number of hydrogen-bond acceptors (Lipinski definition) is 4. The molecule has 17 heavy (non-hydrogen) atoms. The van der Waals surface area contributed by atoms with Gasteiger partial charge in [-0.1, -0.05) is 0 Å². The summed E-state index contributed by atoms with van der Waals surface area (Å²) in [5, 5.41) is 3.51. The van der Waals surface area contributed by atoms with Crippen LogP contribution in [0.2, 0.25) is 0 Å². The van der Waals surface area contributed by atoms with E-state index >= 15 is 0 Å². The van der Waals surface area contributed by atoms with Crippen molar-refractivity contribution in [1.82, 2.24) is 9.55 Å². The monoisotopic (exact) mass is 230 g/mol. The van der Waals surface area contributed by atoms with Crippen LogP contribution in [0.15, 0.2) is 42.0 Å². The van der Waals surface area contributed by atoms with Crippen molar-refractivity contribution in [1.29, 1.82) is 0 Å². The summed E-state index contributed by atoms with van der Waals surface area (Å²) in [6.07, 6.45) is 7.03. The fraction of sp³-hybridized carbons (Fsp3) is 0.167. The van der Waals surface area contributed by atoms with E-state index in [0.29, 0.717) is 6.54 Å². The van der Waals surface area contributed by atoms with Crippen LogP contribution >= 0.6 is 0 Å². The van der Waals surface area contributed by atoms with Crippen LogP contribution in [0, 0.1) is 0 Å². The summed E-state index contributed by atoms with van der Waals surface area (Å²) >= 11 is 0. The molecule has 1 aromatic carbocycles. The number of nitrogens with zero attached hydrogens (tertiary/aromatic N) is 3. The van der Waals surface area contributed by atoms with Gasteiger partial charge in [0.05, 0.1) is 26.2 Å². The van der Waals surface area contributed by atoms with Crippen molar-refractivity contribution >= 4 is 6.21 Å². The fourth-order valence-corrected chi connectivity index (χ4v) is 1.67. The predicted octanol–water partition coefficient (Wildman–Crippen LogP) is 1.23. The molecule has 0 unspecified atom stereocenters. The third-order valence-corrected chi connectivity index (χ3v) is 2.44. The third kappa shape index (κ3) is 2.63. The van der Waals surface area contributed by atoms with Gasteiger partial charge in [-0.25, -0.2) is 4.98 Å². The van der Waals surface area contributed by atoms with Crippen LogP contribution < -0.4 is 10.6 Å². The normalized spacial score (nSPS) is 10.9. The second kappa shape index (κ2) is 5.16. The average Bonchev–Trinajstić information content (AvgIpc) is 2.83. The standard InChI is InChI=1S/C12H14N4O/c1-17-12-3-2-10(7-15-13)6-11(12)8-16-5-4-14-9-16/h2-7,9H,8,13H2,1H3. The zero-order valence-corrected chi connectivity index (χ0v) is 9.58. The van der Waals surface area contributed by atoms with Crippen molar-refractivity contribution in [2.45, 2.75) is 6.54 Å². The van der Waals surface area contributed by atoms with Gasteiger partial charge in [0, 0.05) is 18.0 Å². The molecule has 0 aliphatic rings. The van der Waals surface area contributed by atoms with E-state index in [2.05, 4.69) is 10.1 Å². The van der Waals surface area contributed by atoms with Crippen molar-refractivity contribution in [3.8, 4) is 5.75 Å². The van der Waals surface area contributed by atoms with Crippen LogP contribution in [0.1, 0.15) is 11.1 Å². The van der Waals surface area contributed by atoms with Gasteiger partial charge >= 0.3 is 0 Å². The number of aromatic nitrogens is 2. The highest BCUT2D eigenvalue weighted by atomic mass is 16.5. The first kappa shape index (κ1) is 11.2. The Balaban J connectivity index is 2.32. The molecule has 0 radical (unpaired) electrons. The fourth-order valence-electron chi connectivity index (χ4n) is 1.67. The molecule has 2 N–H and O–H groups in total. The Kier molecular flexibility index (Phi) is 3.40. The molecule has 0 fully saturated rings. The van der Waals surface area contributed by atoms with Gasteiger partial charge in [0.1, 0.15) is 5.75 Å². The summed E-state index contributed by atoms with van der Waals surface area (Å²) < 4.78 is 7.29. The van der Waals surface area contributed by atoms with Gasteiger partial charge in [0.15, 0.2) is 0 Å². The van der Waals surface area contributed by atoms with E-state index in [0.717, 1.165) is 16.9 Å². The number of nitrogens with two attached hydrogens (primary N) is 1. The molecule has 1 aromatic heterocycles. The Morgan fingerprint density at radius 1 is 1.53 bits per heavy atom. The lowest BCUT2D eigenvalue weighted by Gasteiger charge is -2.09. The third-order valence-electron chi connectivity index (χ3n) is 2.44. The van der Waals surface area contributed by atoms with Crippen LogP contribution in [0.3, 0.4) is 0 Å². The zero-order chi connectivity index (χ0) is 12.1. The summed E-state index contributed by atoms with van der Waals surface area (Å²) in [4.78, 5) is 4.01. The van der Waals surface area contributed by atoms with Gasteiger partial charge in [-0.15, -0.1) is 0 Å². The van der Waals surface area contributed by atoms with Gasteiger partial charge in [0.2, 0.25) is 0 Å². The van der Waals surface area contributed by atoms with Gasteiger partial charge < -0.3 is 15.1 Å². The van der Waals surface area contributed by atoms with E-state index in [1.807, 2.05) is 29.0 Å². The quantitative estimate of drug-likeness (QED) is 0.488. The second-order valence-electron chi connectivity index (χ2n) is 3.58. The first-order valence-corrected chi connectivity index (χ1v) is 5.19. The lowest BCUT2D eigenvalue weighted by molar-refractivity contribution is 0.408. The Morgan fingerprint density at radius 2 is 2.41 bits per heavy atom. The van der Waals surface area contributed by atoms with E-state index in [4.69, 9.17) is 10.6 Å². The van der Waals surface area contributed by atoms with Crippen molar-refractivity contribution in [3.63, 3.8) is 0 Å². The Morgan fingerprint density at radius 3 is 3.06 bits per heavy atom. The van der Waals surface area contributed by atoms with E-state index in [-0.39, 0.29) is 0 Å². The van der Waals surface area contributed by atoms with E-state index in [1.165, 1.54) is 0 Å². The SMILES string of the molecule is COc1ccc(C=NN)cc1Cn1ccnc1. The average molecular weight is 230 g/mol. The zero-order valence-electron chi connectivity index (χ0n) is 9.58. The first-order chi connectivity index (χ1) is 8.33. The number of ether oxygens (including phenoxy) is 1. The number of hydrogen-bond donors (Lipinski definition) is 1. The van der Waals surface area contributed by atoms with Crippen LogP contribution in [0.4, 0.5) is 0 Å². The summed E-state index contributed by atoms with van der Waals surface area (Å²) in [6.45, 7) is 0.704. The molecule has 0 saturated carbocycles. The number of benzene rings is 1.